The number of hydrogen-bond donors (Lipinski definition) is 0. The lowest BCUT2D eigenvalue weighted by atomic mass is 10.0. The molecule has 3 nitrogen and oxygen atoms in total. The molecule has 0 N–H and O–H groups in total. The van der Waals surface area contributed by atoms with Crippen molar-refractivity contribution in [1.82, 2.24) is 0 Å². The SMILES string of the molecule is c1ccc(N2c3ccccc3SC2c2cc(C3Sc4ccccc4N3c3ccccc3)cc(C3Sc4ccccc4N3c3ccccc3)c2)cc1. The van der Waals surface area contributed by atoms with Crippen molar-refractivity contribution >= 4 is 69.4 Å². The molecule has 7 aromatic rings. The molecule has 3 atom stereocenters. The maximum absolute atomic E-state index is 2.53. The van der Waals surface area contributed by atoms with Gasteiger partial charge in [-0.3, -0.25) is 0 Å². The van der Waals surface area contributed by atoms with E-state index in [2.05, 4.69) is 197 Å². The third kappa shape index (κ3) is 5.41. The summed E-state index contributed by atoms with van der Waals surface area (Å²) < 4.78 is 0. The van der Waals surface area contributed by atoms with E-state index in [1.165, 1.54) is 65.5 Å². The van der Waals surface area contributed by atoms with Crippen LogP contribution >= 0.6 is 35.3 Å². The second-order valence-corrected chi connectivity index (χ2v) is 16.2. The zero-order valence-corrected chi connectivity index (χ0v) is 30.1. The molecular formula is C45H33N3S3. The molecule has 0 saturated carbocycles. The standard InChI is InChI=1S/C45H33N3S3/c1-4-16-34(17-5-1)46-37-22-10-13-25-40(37)49-43(46)31-28-32(44-47(35-18-6-2-7-19-35)38-23-11-14-26-41(38)50-44)30-33(29-31)45-48(36-20-8-3-9-21-36)39-24-12-15-27-42(39)51-45/h1-30,43-45H. The van der Waals surface area contributed by atoms with E-state index in [0.717, 1.165) is 0 Å². The Hall–Kier alpha value is -5.01. The van der Waals surface area contributed by atoms with Crippen LogP contribution in [0.25, 0.3) is 0 Å². The van der Waals surface area contributed by atoms with Gasteiger partial charge >= 0.3 is 0 Å². The van der Waals surface area contributed by atoms with Crippen molar-refractivity contribution < 1.29 is 0 Å². The van der Waals surface area contributed by atoms with Crippen LogP contribution in [-0.4, -0.2) is 0 Å². The fraction of sp³-hybridized carbons (Fsp3) is 0.0667. The number of rotatable bonds is 6. The average molecular weight is 712 g/mol. The van der Waals surface area contributed by atoms with Crippen LogP contribution in [0.1, 0.15) is 32.8 Å². The van der Waals surface area contributed by atoms with Gasteiger partial charge in [0.05, 0.1) is 17.1 Å². The molecule has 246 valence electrons. The van der Waals surface area contributed by atoms with Gasteiger partial charge in [-0.15, -0.1) is 0 Å². The Bertz CT molecular complexity index is 2070. The maximum atomic E-state index is 2.53. The number of para-hydroxylation sites is 6. The molecular weight excluding hydrogens is 679 g/mol. The minimum Gasteiger partial charge on any atom is -0.323 e. The zero-order chi connectivity index (χ0) is 33.7. The molecule has 3 heterocycles. The van der Waals surface area contributed by atoms with E-state index in [1.54, 1.807) is 0 Å². The molecule has 51 heavy (non-hydrogen) atoms. The lowest BCUT2D eigenvalue weighted by Crippen LogP contribution is -2.22. The molecule has 0 bridgehead atoms. The van der Waals surface area contributed by atoms with Crippen LogP contribution in [0.15, 0.2) is 197 Å². The van der Waals surface area contributed by atoms with E-state index in [-0.39, 0.29) is 16.1 Å². The number of anilines is 6. The molecule has 0 fully saturated rings. The van der Waals surface area contributed by atoms with Gasteiger partial charge in [0.1, 0.15) is 16.1 Å². The highest BCUT2D eigenvalue weighted by Gasteiger charge is 2.39. The zero-order valence-electron chi connectivity index (χ0n) is 27.6. The Morgan fingerprint density at radius 1 is 0.294 bits per heavy atom. The van der Waals surface area contributed by atoms with Crippen LogP contribution in [0.3, 0.4) is 0 Å². The quantitative estimate of drug-likeness (QED) is 0.169. The maximum Gasteiger partial charge on any atom is 0.110 e. The Morgan fingerprint density at radius 3 is 0.843 bits per heavy atom. The van der Waals surface area contributed by atoms with Crippen LogP contribution in [0.2, 0.25) is 0 Å². The number of fused-ring (bicyclic) bond motifs is 3. The van der Waals surface area contributed by atoms with Gasteiger partial charge in [0, 0.05) is 31.7 Å². The Kier molecular flexibility index (Phi) is 7.82. The number of nitrogens with zero attached hydrogens (tertiary/aromatic N) is 3. The third-order valence-corrected chi connectivity index (χ3v) is 13.7. The van der Waals surface area contributed by atoms with Crippen LogP contribution in [0.4, 0.5) is 34.1 Å². The average Bonchev–Trinajstić information content (AvgIpc) is 3.91. The smallest absolute Gasteiger partial charge is 0.110 e. The van der Waals surface area contributed by atoms with Crippen molar-refractivity contribution in [3.8, 4) is 0 Å². The normalized spacial score (nSPS) is 18.8. The summed E-state index contributed by atoms with van der Waals surface area (Å²) in [4.78, 5) is 11.5. The van der Waals surface area contributed by atoms with Crippen LogP contribution in [0.5, 0.6) is 0 Å². The monoisotopic (exact) mass is 711 g/mol. The minimum atomic E-state index is 0.0707. The van der Waals surface area contributed by atoms with E-state index in [0.29, 0.717) is 0 Å². The number of thioether (sulfide) groups is 3. The summed E-state index contributed by atoms with van der Waals surface area (Å²) in [6.45, 7) is 0. The van der Waals surface area contributed by atoms with E-state index in [1.807, 2.05) is 35.3 Å². The molecule has 0 aliphatic carbocycles. The topological polar surface area (TPSA) is 9.72 Å². The molecule has 0 radical (unpaired) electrons. The second kappa shape index (κ2) is 13.0. The first-order chi connectivity index (χ1) is 25.3. The van der Waals surface area contributed by atoms with Crippen molar-refractivity contribution in [3.63, 3.8) is 0 Å². The Morgan fingerprint density at radius 2 is 0.549 bits per heavy atom. The Labute approximate surface area is 312 Å². The van der Waals surface area contributed by atoms with E-state index < -0.39 is 0 Å². The molecule has 3 aliphatic rings. The lowest BCUT2D eigenvalue weighted by molar-refractivity contribution is 0.906. The molecule has 10 rings (SSSR count). The highest BCUT2D eigenvalue weighted by molar-refractivity contribution is 8.00. The first-order valence-corrected chi connectivity index (χ1v) is 19.9. The molecule has 3 unspecified atom stereocenters. The first-order valence-electron chi connectivity index (χ1n) is 17.2. The fourth-order valence-corrected chi connectivity index (χ4v) is 11.4. The number of benzene rings is 7. The molecule has 0 spiro atoms. The van der Waals surface area contributed by atoms with Crippen molar-refractivity contribution in [2.45, 2.75) is 30.8 Å². The van der Waals surface area contributed by atoms with E-state index in [4.69, 9.17) is 0 Å². The van der Waals surface area contributed by atoms with E-state index >= 15 is 0 Å². The summed E-state index contributed by atoms with van der Waals surface area (Å²) in [6, 6.07) is 66.6. The van der Waals surface area contributed by atoms with E-state index in [9.17, 15) is 0 Å². The summed E-state index contributed by atoms with van der Waals surface area (Å²) in [5, 5.41) is 0.212. The van der Waals surface area contributed by atoms with Crippen LogP contribution < -0.4 is 14.7 Å². The molecule has 7 aromatic carbocycles. The van der Waals surface area contributed by atoms with Gasteiger partial charge in [-0.25, -0.2) is 0 Å². The van der Waals surface area contributed by atoms with Gasteiger partial charge in [0.15, 0.2) is 0 Å². The van der Waals surface area contributed by atoms with Gasteiger partial charge in [-0.05, 0) is 108 Å². The van der Waals surface area contributed by atoms with Crippen molar-refractivity contribution in [2.24, 2.45) is 0 Å². The Balaban J connectivity index is 1.17. The van der Waals surface area contributed by atoms with Crippen LogP contribution in [0, 0.1) is 0 Å². The molecule has 3 aliphatic heterocycles. The molecule has 0 aromatic heterocycles. The highest BCUT2D eigenvalue weighted by Crippen LogP contribution is 2.60. The van der Waals surface area contributed by atoms with Gasteiger partial charge in [0.25, 0.3) is 0 Å². The van der Waals surface area contributed by atoms with Gasteiger partial charge in [-0.1, -0.05) is 126 Å². The summed E-state index contributed by atoms with van der Waals surface area (Å²) in [5.41, 5.74) is 11.3. The van der Waals surface area contributed by atoms with Crippen LogP contribution in [-0.2, 0) is 0 Å². The number of hydrogen-bond acceptors (Lipinski definition) is 6. The minimum absolute atomic E-state index is 0.0707. The summed E-state index contributed by atoms with van der Waals surface area (Å²) in [7, 11) is 0. The summed E-state index contributed by atoms with van der Waals surface area (Å²) >= 11 is 5.85. The summed E-state index contributed by atoms with van der Waals surface area (Å²) in [6.07, 6.45) is 0. The van der Waals surface area contributed by atoms with Gasteiger partial charge < -0.3 is 14.7 Å². The molecule has 0 amide bonds. The lowest BCUT2D eigenvalue weighted by Gasteiger charge is -2.32. The van der Waals surface area contributed by atoms with Gasteiger partial charge in [0.2, 0.25) is 0 Å². The van der Waals surface area contributed by atoms with Crippen molar-refractivity contribution in [3.05, 3.63) is 199 Å². The molecule has 6 heteroatoms. The largest absolute Gasteiger partial charge is 0.323 e. The molecule has 0 saturated heterocycles. The van der Waals surface area contributed by atoms with Crippen molar-refractivity contribution in [1.29, 1.82) is 0 Å². The third-order valence-electron chi connectivity index (χ3n) is 9.75. The summed E-state index contributed by atoms with van der Waals surface area (Å²) in [5.74, 6) is 0. The fourth-order valence-electron chi connectivity index (χ4n) is 7.54. The predicted octanol–water partition coefficient (Wildman–Crippen LogP) is 13.5. The highest BCUT2D eigenvalue weighted by atomic mass is 32.2. The predicted molar refractivity (Wildman–Crippen MR) is 217 cm³/mol. The first kappa shape index (κ1) is 30.8. The van der Waals surface area contributed by atoms with Gasteiger partial charge in [-0.2, -0.15) is 0 Å². The second-order valence-electron chi connectivity index (χ2n) is 12.9. The van der Waals surface area contributed by atoms with Crippen molar-refractivity contribution in [2.75, 3.05) is 14.7 Å².